The minimum atomic E-state index is -0.591. The number of amides is 2. The molecular formula is C33H40N4O2. The number of rotatable bonds is 10. The number of carbonyl (C=O) groups is 2. The number of benzene rings is 3. The lowest BCUT2D eigenvalue weighted by molar-refractivity contribution is -0.146. The molecule has 2 amide bonds. The number of hydrogen-bond donors (Lipinski definition) is 1. The van der Waals surface area contributed by atoms with Gasteiger partial charge in [-0.2, -0.15) is 0 Å². The van der Waals surface area contributed by atoms with Crippen molar-refractivity contribution in [2.24, 2.45) is 5.41 Å². The van der Waals surface area contributed by atoms with Gasteiger partial charge in [-0.25, -0.2) is 0 Å². The van der Waals surface area contributed by atoms with Gasteiger partial charge < -0.3 is 19.7 Å². The number of aromatic nitrogens is 1. The quantitative estimate of drug-likeness (QED) is 0.282. The molecule has 0 aliphatic carbocycles. The Labute approximate surface area is 232 Å². The summed E-state index contributed by atoms with van der Waals surface area (Å²) in [7, 11) is 4.03. The molecule has 0 aliphatic rings. The van der Waals surface area contributed by atoms with Crippen molar-refractivity contribution in [3.8, 4) is 0 Å². The van der Waals surface area contributed by atoms with E-state index < -0.39 is 5.41 Å². The number of fused-ring (bicyclic) bond motifs is 1. The lowest BCUT2D eigenvalue weighted by Crippen LogP contribution is -2.46. The topological polar surface area (TPSA) is 59.7 Å². The van der Waals surface area contributed by atoms with Gasteiger partial charge in [0.15, 0.2) is 0 Å². The third kappa shape index (κ3) is 7.29. The van der Waals surface area contributed by atoms with E-state index in [2.05, 4.69) is 46.3 Å². The van der Waals surface area contributed by atoms with E-state index in [0.29, 0.717) is 19.6 Å². The van der Waals surface area contributed by atoms with Gasteiger partial charge in [0, 0.05) is 61.9 Å². The highest BCUT2D eigenvalue weighted by molar-refractivity contribution is 5.87. The molecule has 6 nitrogen and oxygen atoms in total. The molecule has 1 heterocycles. The van der Waals surface area contributed by atoms with Gasteiger partial charge in [-0.15, -0.1) is 0 Å². The molecule has 0 bridgehead atoms. The SMILES string of the molecule is CN(C)c1ccc(CN(CCc2c[nH]c3ccccc23)C(=O)CN(Cc2ccccc2)C(=O)C(C)(C)C)cc1. The van der Waals surface area contributed by atoms with Crippen LogP contribution in [0.2, 0.25) is 0 Å². The molecule has 204 valence electrons. The van der Waals surface area contributed by atoms with Crippen LogP contribution in [0.3, 0.4) is 0 Å². The van der Waals surface area contributed by atoms with E-state index in [9.17, 15) is 9.59 Å². The monoisotopic (exact) mass is 524 g/mol. The van der Waals surface area contributed by atoms with Gasteiger partial charge in [0.2, 0.25) is 11.8 Å². The number of H-pyrrole nitrogens is 1. The maximum Gasteiger partial charge on any atom is 0.242 e. The molecule has 3 aromatic carbocycles. The fourth-order valence-corrected chi connectivity index (χ4v) is 4.75. The molecule has 0 fully saturated rings. The summed E-state index contributed by atoms with van der Waals surface area (Å²) in [6, 6.07) is 26.4. The van der Waals surface area contributed by atoms with Crippen LogP contribution in [0.1, 0.15) is 37.5 Å². The number of anilines is 1. The van der Waals surface area contributed by atoms with Crippen molar-refractivity contribution in [1.29, 1.82) is 0 Å². The van der Waals surface area contributed by atoms with Crippen molar-refractivity contribution in [3.63, 3.8) is 0 Å². The second-order valence-electron chi connectivity index (χ2n) is 11.4. The highest BCUT2D eigenvalue weighted by Crippen LogP contribution is 2.22. The molecule has 0 saturated heterocycles. The van der Waals surface area contributed by atoms with Crippen LogP contribution in [0.5, 0.6) is 0 Å². The molecule has 4 aromatic rings. The summed E-state index contributed by atoms with van der Waals surface area (Å²) in [5.41, 5.74) is 4.86. The second kappa shape index (κ2) is 12.2. The predicted octanol–water partition coefficient (Wildman–Crippen LogP) is 5.88. The molecule has 0 spiro atoms. The summed E-state index contributed by atoms with van der Waals surface area (Å²) in [5, 5.41) is 1.17. The fraction of sp³-hybridized carbons (Fsp3) is 0.333. The van der Waals surface area contributed by atoms with Gasteiger partial charge in [-0.3, -0.25) is 9.59 Å². The molecule has 1 aromatic heterocycles. The number of para-hydroxylation sites is 1. The highest BCUT2D eigenvalue weighted by Gasteiger charge is 2.30. The van der Waals surface area contributed by atoms with Crippen LogP contribution >= 0.6 is 0 Å². The molecule has 0 unspecified atom stereocenters. The Hall–Kier alpha value is -4.06. The third-order valence-corrected chi connectivity index (χ3v) is 6.98. The van der Waals surface area contributed by atoms with Crippen LogP contribution in [0, 0.1) is 5.41 Å². The zero-order valence-corrected chi connectivity index (χ0v) is 23.8. The average Bonchev–Trinajstić information content (AvgIpc) is 3.33. The van der Waals surface area contributed by atoms with Crippen molar-refractivity contribution in [1.82, 2.24) is 14.8 Å². The van der Waals surface area contributed by atoms with Crippen molar-refractivity contribution >= 4 is 28.4 Å². The van der Waals surface area contributed by atoms with Gasteiger partial charge in [-0.1, -0.05) is 81.4 Å². The predicted molar refractivity (Wildman–Crippen MR) is 160 cm³/mol. The maximum atomic E-state index is 13.9. The van der Waals surface area contributed by atoms with E-state index in [4.69, 9.17) is 0 Å². The van der Waals surface area contributed by atoms with E-state index >= 15 is 0 Å². The van der Waals surface area contributed by atoms with Crippen LogP contribution in [-0.4, -0.2) is 53.8 Å². The van der Waals surface area contributed by atoms with Gasteiger partial charge in [0.25, 0.3) is 0 Å². The summed E-state index contributed by atoms with van der Waals surface area (Å²) in [4.78, 5) is 36.3. The largest absolute Gasteiger partial charge is 0.378 e. The standard InChI is InChI=1S/C33H40N4O2/c1-33(2,3)32(39)37(23-25-11-7-6-8-12-25)24-31(38)36(22-26-15-17-28(18-16-26)35(4)5)20-19-27-21-34-30-14-10-9-13-29(27)30/h6-18,21,34H,19-20,22-24H2,1-5H3. The number of carbonyl (C=O) groups excluding carboxylic acids is 2. The van der Waals surface area contributed by atoms with Crippen LogP contribution in [0.4, 0.5) is 5.69 Å². The Kier molecular flexibility index (Phi) is 8.75. The summed E-state index contributed by atoms with van der Waals surface area (Å²) in [6.45, 7) is 7.18. The molecule has 0 saturated carbocycles. The van der Waals surface area contributed by atoms with Crippen molar-refractivity contribution < 1.29 is 9.59 Å². The summed E-state index contributed by atoms with van der Waals surface area (Å²) in [5.74, 6) is -0.0910. The molecule has 4 rings (SSSR count). The summed E-state index contributed by atoms with van der Waals surface area (Å²) in [6.07, 6.45) is 2.75. The van der Waals surface area contributed by atoms with Crippen LogP contribution in [-0.2, 0) is 29.1 Å². The zero-order chi connectivity index (χ0) is 28.0. The number of aromatic amines is 1. The number of hydrogen-bond acceptors (Lipinski definition) is 3. The third-order valence-electron chi connectivity index (χ3n) is 6.98. The maximum absolute atomic E-state index is 13.9. The highest BCUT2D eigenvalue weighted by atomic mass is 16.2. The molecule has 1 N–H and O–H groups in total. The Bertz CT molecular complexity index is 1380. The van der Waals surface area contributed by atoms with E-state index in [0.717, 1.165) is 28.8 Å². The molecular weight excluding hydrogens is 484 g/mol. The van der Waals surface area contributed by atoms with Gasteiger partial charge in [0.1, 0.15) is 6.54 Å². The smallest absolute Gasteiger partial charge is 0.242 e. The Balaban J connectivity index is 1.57. The minimum absolute atomic E-state index is 0.0355. The van der Waals surface area contributed by atoms with Crippen molar-refractivity contribution in [3.05, 3.63) is 102 Å². The fourth-order valence-electron chi connectivity index (χ4n) is 4.75. The Morgan fingerprint density at radius 3 is 2.05 bits per heavy atom. The zero-order valence-electron chi connectivity index (χ0n) is 23.8. The molecule has 0 aliphatic heterocycles. The Morgan fingerprint density at radius 2 is 1.38 bits per heavy atom. The molecule has 39 heavy (non-hydrogen) atoms. The van der Waals surface area contributed by atoms with Gasteiger partial charge in [-0.05, 0) is 41.3 Å². The Morgan fingerprint density at radius 1 is 0.769 bits per heavy atom. The van der Waals surface area contributed by atoms with Gasteiger partial charge >= 0.3 is 0 Å². The first-order valence-corrected chi connectivity index (χ1v) is 13.5. The second-order valence-corrected chi connectivity index (χ2v) is 11.4. The number of nitrogens with zero attached hydrogens (tertiary/aromatic N) is 3. The van der Waals surface area contributed by atoms with E-state index in [1.54, 1.807) is 4.90 Å². The first-order valence-electron chi connectivity index (χ1n) is 13.5. The lowest BCUT2D eigenvalue weighted by Gasteiger charge is -2.32. The van der Waals surface area contributed by atoms with Crippen LogP contribution < -0.4 is 4.90 Å². The van der Waals surface area contributed by atoms with Crippen molar-refractivity contribution in [2.45, 2.75) is 40.3 Å². The van der Waals surface area contributed by atoms with E-state index in [-0.39, 0.29) is 18.4 Å². The first-order chi connectivity index (χ1) is 18.6. The minimum Gasteiger partial charge on any atom is -0.378 e. The van der Waals surface area contributed by atoms with E-state index in [1.165, 1.54) is 10.9 Å². The molecule has 0 radical (unpaired) electrons. The normalized spacial score (nSPS) is 11.4. The number of nitrogens with one attached hydrogen (secondary N) is 1. The van der Waals surface area contributed by atoms with Gasteiger partial charge in [0.05, 0.1) is 0 Å². The summed E-state index contributed by atoms with van der Waals surface area (Å²) >= 11 is 0. The lowest BCUT2D eigenvalue weighted by atomic mass is 9.94. The molecule has 6 heteroatoms. The van der Waals surface area contributed by atoms with E-state index in [1.807, 2.05) is 88.4 Å². The van der Waals surface area contributed by atoms with Crippen LogP contribution in [0.25, 0.3) is 10.9 Å². The van der Waals surface area contributed by atoms with Crippen molar-refractivity contribution in [2.75, 3.05) is 32.1 Å². The molecule has 0 atom stereocenters. The summed E-state index contributed by atoms with van der Waals surface area (Å²) < 4.78 is 0. The average molecular weight is 525 g/mol. The van der Waals surface area contributed by atoms with Crippen LogP contribution in [0.15, 0.2) is 85.1 Å². The first kappa shape index (κ1) is 28.0.